The molecule has 2 heterocycles. The second-order valence-corrected chi connectivity index (χ2v) is 8.26. The van der Waals surface area contributed by atoms with Crippen molar-refractivity contribution in [2.45, 2.75) is 32.9 Å². The lowest BCUT2D eigenvalue weighted by molar-refractivity contribution is 0.419. The molecule has 3 aromatic carbocycles. The maximum Gasteiger partial charge on any atom is 0.229 e. The van der Waals surface area contributed by atoms with Crippen molar-refractivity contribution in [3.63, 3.8) is 0 Å². The monoisotopic (exact) mass is 428 g/mol. The van der Waals surface area contributed by atoms with Gasteiger partial charge in [0, 0.05) is 23.7 Å². The molecule has 1 atom stereocenters. The number of rotatable bonds is 4. The minimum Gasteiger partial charge on any atom is -0.494 e. The topological polar surface area (TPSA) is 50.3 Å². The van der Waals surface area contributed by atoms with Crippen LogP contribution in [0, 0.1) is 12.7 Å². The Balaban J connectivity index is 1.64. The van der Waals surface area contributed by atoms with Crippen LogP contribution in [-0.2, 0) is 13.0 Å². The number of nitrogens with one attached hydrogen (secondary N) is 1. The number of ether oxygens (including phenoxy) is 1. The summed E-state index contributed by atoms with van der Waals surface area (Å²) >= 11 is 0. The van der Waals surface area contributed by atoms with Gasteiger partial charge in [0.2, 0.25) is 5.95 Å². The second kappa shape index (κ2) is 8.11. The first kappa shape index (κ1) is 20.2. The molecule has 0 spiro atoms. The minimum absolute atomic E-state index is 0.268. The molecular weight excluding hydrogens is 403 g/mol. The first-order valence-corrected chi connectivity index (χ1v) is 10.7. The van der Waals surface area contributed by atoms with Gasteiger partial charge in [0.05, 0.1) is 7.11 Å². The van der Waals surface area contributed by atoms with E-state index in [-0.39, 0.29) is 11.9 Å². The van der Waals surface area contributed by atoms with E-state index in [1.807, 2.05) is 25.1 Å². The highest BCUT2D eigenvalue weighted by atomic mass is 19.1. The van der Waals surface area contributed by atoms with E-state index in [2.05, 4.69) is 41.4 Å². The van der Waals surface area contributed by atoms with Crippen molar-refractivity contribution in [2.24, 2.45) is 0 Å². The summed E-state index contributed by atoms with van der Waals surface area (Å²) in [6.07, 6.45) is 0.950. The summed E-state index contributed by atoms with van der Waals surface area (Å²) in [5, 5.41) is 4.23. The molecule has 5 nitrogen and oxygen atoms in total. The third-order valence-corrected chi connectivity index (χ3v) is 6.10. The van der Waals surface area contributed by atoms with Crippen molar-refractivity contribution in [2.75, 3.05) is 17.3 Å². The van der Waals surface area contributed by atoms with Gasteiger partial charge in [-0.15, -0.1) is 0 Å². The van der Waals surface area contributed by atoms with Gasteiger partial charge >= 0.3 is 0 Å². The minimum atomic E-state index is -0.268. The SMILES string of the molecule is COc1cccc2c(N3Cc4ccccc4CC3C)nc(Nc3ccc(F)cc3C)nc12. The summed E-state index contributed by atoms with van der Waals surface area (Å²) in [5.41, 5.74) is 4.99. The third kappa shape index (κ3) is 3.62. The number of nitrogens with zero attached hydrogens (tertiary/aromatic N) is 3. The van der Waals surface area contributed by atoms with E-state index < -0.39 is 0 Å². The molecule has 162 valence electrons. The van der Waals surface area contributed by atoms with E-state index in [9.17, 15) is 4.39 Å². The molecule has 0 bridgehead atoms. The van der Waals surface area contributed by atoms with E-state index in [4.69, 9.17) is 14.7 Å². The zero-order chi connectivity index (χ0) is 22.2. The van der Waals surface area contributed by atoms with Crippen molar-refractivity contribution >= 4 is 28.4 Å². The molecule has 0 amide bonds. The normalized spacial score (nSPS) is 15.5. The first-order valence-electron chi connectivity index (χ1n) is 10.7. The Morgan fingerprint density at radius 2 is 1.84 bits per heavy atom. The number of anilines is 3. The van der Waals surface area contributed by atoms with Crippen LogP contribution in [0.15, 0.2) is 60.7 Å². The summed E-state index contributed by atoms with van der Waals surface area (Å²) in [6, 6.07) is 19.4. The van der Waals surface area contributed by atoms with Crippen LogP contribution in [-0.4, -0.2) is 23.1 Å². The number of halogens is 1. The number of hydrogen-bond acceptors (Lipinski definition) is 5. The van der Waals surface area contributed by atoms with E-state index in [1.54, 1.807) is 13.2 Å². The number of aryl methyl sites for hydroxylation is 1. The fraction of sp³-hybridized carbons (Fsp3) is 0.231. The predicted octanol–water partition coefficient (Wildman–Crippen LogP) is 5.78. The van der Waals surface area contributed by atoms with Crippen LogP contribution in [0.3, 0.4) is 0 Å². The molecule has 1 aromatic heterocycles. The fourth-order valence-corrected chi connectivity index (χ4v) is 4.40. The average molecular weight is 429 g/mol. The number of aromatic nitrogens is 2. The standard InChI is InChI=1S/C26H25FN4O/c1-16-13-20(27)11-12-22(16)28-26-29-24-21(9-6-10-23(24)32-3)25(30-26)31-15-19-8-5-4-7-18(19)14-17(31)2/h4-13,17H,14-15H2,1-3H3,(H,28,29,30). The molecule has 0 aliphatic carbocycles. The Morgan fingerprint density at radius 1 is 1.03 bits per heavy atom. The van der Waals surface area contributed by atoms with Crippen LogP contribution in [0.4, 0.5) is 21.8 Å². The van der Waals surface area contributed by atoms with Crippen LogP contribution in [0.1, 0.15) is 23.6 Å². The van der Waals surface area contributed by atoms with Gasteiger partial charge in [-0.25, -0.2) is 9.37 Å². The largest absolute Gasteiger partial charge is 0.494 e. The number of benzene rings is 3. The molecule has 0 saturated heterocycles. The molecule has 0 fully saturated rings. The Hall–Kier alpha value is -3.67. The van der Waals surface area contributed by atoms with Gasteiger partial charge in [0.15, 0.2) is 0 Å². The average Bonchev–Trinajstić information content (AvgIpc) is 2.79. The summed E-state index contributed by atoms with van der Waals surface area (Å²) in [4.78, 5) is 12.0. The van der Waals surface area contributed by atoms with Gasteiger partial charge < -0.3 is 15.0 Å². The van der Waals surface area contributed by atoms with Crippen molar-refractivity contribution in [3.05, 3.63) is 83.2 Å². The highest BCUT2D eigenvalue weighted by Crippen LogP contribution is 2.36. The van der Waals surface area contributed by atoms with E-state index in [0.29, 0.717) is 11.7 Å². The molecular formula is C26H25FN4O. The summed E-state index contributed by atoms with van der Waals surface area (Å²) < 4.78 is 19.2. The van der Waals surface area contributed by atoms with Crippen molar-refractivity contribution in [1.29, 1.82) is 0 Å². The Morgan fingerprint density at radius 3 is 2.62 bits per heavy atom. The Bertz CT molecular complexity index is 1310. The maximum absolute atomic E-state index is 13.6. The van der Waals surface area contributed by atoms with Crippen LogP contribution in [0.25, 0.3) is 10.9 Å². The second-order valence-electron chi connectivity index (χ2n) is 8.26. The van der Waals surface area contributed by atoms with Crippen LogP contribution >= 0.6 is 0 Å². The van der Waals surface area contributed by atoms with E-state index >= 15 is 0 Å². The van der Waals surface area contributed by atoms with E-state index in [0.717, 1.165) is 40.9 Å². The van der Waals surface area contributed by atoms with Crippen molar-refractivity contribution in [1.82, 2.24) is 9.97 Å². The van der Waals surface area contributed by atoms with Gasteiger partial charge in [0.1, 0.15) is 22.9 Å². The quantitative estimate of drug-likeness (QED) is 0.446. The summed E-state index contributed by atoms with van der Waals surface area (Å²) in [7, 11) is 1.65. The van der Waals surface area contributed by atoms with Crippen molar-refractivity contribution < 1.29 is 9.13 Å². The molecule has 1 N–H and O–H groups in total. The number of methoxy groups -OCH3 is 1. The molecule has 4 aromatic rings. The fourth-order valence-electron chi connectivity index (χ4n) is 4.40. The highest BCUT2D eigenvalue weighted by molar-refractivity contribution is 5.95. The lowest BCUT2D eigenvalue weighted by atomic mass is 9.94. The third-order valence-electron chi connectivity index (χ3n) is 6.10. The van der Waals surface area contributed by atoms with Crippen LogP contribution < -0.4 is 15.0 Å². The molecule has 0 radical (unpaired) electrons. The van der Waals surface area contributed by atoms with Crippen molar-refractivity contribution in [3.8, 4) is 5.75 Å². The molecule has 0 saturated carbocycles. The van der Waals surface area contributed by atoms with E-state index in [1.165, 1.54) is 23.3 Å². The lowest BCUT2D eigenvalue weighted by Crippen LogP contribution is -2.39. The Kier molecular flexibility index (Phi) is 5.13. The van der Waals surface area contributed by atoms with Gasteiger partial charge in [-0.2, -0.15) is 4.98 Å². The summed E-state index contributed by atoms with van der Waals surface area (Å²) in [5.74, 6) is 1.74. The zero-order valence-corrected chi connectivity index (χ0v) is 18.4. The Labute approximate surface area is 186 Å². The molecule has 32 heavy (non-hydrogen) atoms. The molecule has 5 rings (SSSR count). The lowest BCUT2D eigenvalue weighted by Gasteiger charge is -2.36. The maximum atomic E-state index is 13.6. The van der Waals surface area contributed by atoms with Crippen LogP contribution in [0.2, 0.25) is 0 Å². The molecule has 1 aliphatic heterocycles. The van der Waals surface area contributed by atoms with Gasteiger partial charge in [-0.1, -0.05) is 30.3 Å². The number of hydrogen-bond donors (Lipinski definition) is 1. The van der Waals surface area contributed by atoms with Crippen LogP contribution in [0.5, 0.6) is 5.75 Å². The van der Waals surface area contributed by atoms with Gasteiger partial charge in [-0.05, 0) is 67.3 Å². The molecule has 1 unspecified atom stereocenters. The van der Waals surface area contributed by atoms with Gasteiger partial charge in [-0.3, -0.25) is 0 Å². The first-order chi connectivity index (χ1) is 15.5. The zero-order valence-electron chi connectivity index (χ0n) is 18.4. The number of fused-ring (bicyclic) bond motifs is 2. The summed E-state index contributed by atoms with van der Waals surface area (Å²) in [6.45, 7) is 4.86. The molecule has 1 aliphatic rings. The van der Waals surface area contributed by atoms with Gasteiger partial charge in [0.25, 0.3) is 0 Å². The smallest absolute Gasteiger partial charge is 0.229 e. The predicted molar refractivity (Wildman–Crippen MR) is 126 cm³/mol. The molecule has 6 heteroatoms. The highest BCUT2D eigenvalue weighted by Gasteiger charge is 2.26. The number of para-hydroxylation sites is 1.